The summed E-state index contributed by atoms with van der Waals surface area (Å²) in [5.41, 5.74) is 0. The molecule has 20 heavy (non-hydrogen) atoms. The molecule has 0 amide bonds. The second-order valence-corrected chi connectivity index (χ2v) is 6.04. The maximum absolute atomic E-state index is 9.91. The van der Waals surface area contributed by atoms with Crippen molar-refractivity contribution < 1.29 is 14.4 Å². The smallest absolute Gasteiger partial charge is 0.232 e. The van der Waals surface area contributed by atoms with Crippen LogP contribution in [-0.2, 0) is 4.74 Å². The van der Waals surface area contributed by atoms with Gasteiger partial charge in [0.15, 0.2) is 0 Å². The van der Waals surface area contributed by atoms with Gasteiger partial charge in [0.1, 0.15) is 6.10 Å². The molecule has 3 unspecified atom stereocenters. The maximum Gasteiger partial charge on any atom is 0.232 e. The lowest BCUT2D eigenvalue weighted by atomic mass is 10.1. The first-order valence-electron chi connectivity index (χ1n) is 7.52. The molecule has 1 aromatic rings. The van der Waals surface area contributed by atoms with Crippen molar-refractivity contribution >= 4 is 0 Å². The van der Waals surface area contributed by atoms with Gasteiger partial charge in [-0.2, -0.15) is 4.98 Å². The normalized spacial score (nSPS) is 32.1. The minimum atomic E-state index is -0.345. The van der Waals surface area contributed by atoms with Crippen LogP contribution in [0.2, 0.25) is 0 Å². The van der Waals surface area contributed by atoms with Gasteiger partial charge in [0, 0.05) is 19.1 Å². The molecule has 1 saturated carbocycles. The van der Waals surface area contributed by atoms with Crippen molar-refractivity contribution in [3.8, 4) is 0 Å². The number of morpholine rings is 1. The molecule has 6 nitrogen and oxygen atoms in total. The van der Waals surface area contributed by atoms with E-state index in [4.69, 9.17) is 9.26 Å². The van der Waals surface area contributed by atoms with E-state index in [0.717, 1.165) is 32.4 Å². The lowest BCUT2D eigenvalue weighted by molar-refractivity contribution is -0.0450. The zero-order chi connectivity index (χ0) is 14.1. The Balaban J connectivity index is 1.70. The molecule has 0 bridgehead atoms. The van der Waals surface area contributed by atoms with Crippen LogP contribution in [0.4, 0.5) is 0 Å². The van der Waals surface area contributed by atoms with E-state index in [1.165, 1.54) is 0 Å². The SMILES string of the molecule is CC(C)N1CCOC(c2noc(C3CCCC3O)n2)C1. The zero-order valence-electron chi connectivity index (χ0n) is 12.2. The first kappa shape index (κ1) is 14.0. The molecule has 1 aromatic heterocycles. The molecule has 2 heterocycles. The van der Waals surface area contributed by atoms with Crippen molar-refractivity contribution in [3.05, 3.63) is 11.7 Å². The summed E-state index contributed by atoms with van der Waals surface area (Å²) in [5.74, 6) is 1.18. The van der Waals surface area contributed by atoms with Crippen molar-refractivity contribution in [3.63, 3.8) is 0 Å². The predicted octanol–water partition coefficient (Wildman–Crippen LogP) is 1.48. The van der Waals surface area contributed by atoms with Crippen molar-refractivity contribution in [1.29, 1.82) is 0 Å². The molecule has 0 aromatic carbocycles. The third kappa shape index (κ3) is 2.73. The number of aliphatic hydroxyl groups excluding tert-OH is 1. The number of ether oxygens (including phenoxy) is 1. The lowest BCUT2D eigenvalue weighted by Crippen LogP contribution is -2.42. The first-order valence-corrected chi connectivity index (χ1v) is 7.52. The summed E-state index contributed by atoms with van der Waals surface area (Å²) in [4.78, 5) is 6.83. The average molecular weight is 281 g/mol. The van der Waals surface area contributed by atoms with Crippen LogP contribution in [0.15, 0.2) is 4.52 Å². The third-order valence-corrected chi connectivity index (χ3v) is 4.37. The minimum absolute atomic E-state index is 0.000965. The fourth-order valence-corrected chi connectivity index (χ4v) is 3.05. The summed E-state index contributed by atoms with van der Waals surface area (Å²) in [5, 5.41) is 14.0. The van der Waals surface area contributed by atoms with Crippen molar-refractivity contribution in [2.24, 2.45) is 0 Å². The molecule has 3 rings (SSSR count). The Morgan fingerprint density at radius 2 is 2.20 bits per heavy atom. The van der Waals surface area contributed by atoms with Crippen molar-refractivity contribution in [1.82, 2.24) is 15.0 Å². The molecular formula is C14H23N3O3. The van der Waals surface area contributed by atoms with E-state index in [0.29, 0.717) is 24.4 Å². The second kappa shape index (κ2) is 5.79. The molecule has 2 fully saturated rings. The highest BCUT2D eigenvalue weighted by atomic mass is 16.5. The monoisotopic (exact) mass is 281 g/mol. The van der Waals surface area contributed by atoms with E-state index in [2.05, 4.69) is 28.9 Å². The Bertz CT molecular complexity index is 449. The second-order valence-electron chi connectivity index (χ2n) is 6.04. The van der Waals surface area contributed by atoms with E-state index < -0.39 is 0 Å². The summed E-state index contributed by atoms with van der Waals surface area (Å²) in [7, 11) is 0. The van der Waals surface area contributed by atoms with Gasteiger partial charge in [0.05, 0.1) is 18.6 Å². The molecule has 2 aliphatic rings. The van der Waals surface area contributed by atoms with Crippen molar-refractivity contribution in [2.45, 2.75) is 57.3 Å². The van der Waals surface area contributed by atoms with Crippen LogP contribution in [0.1, 0.15) is 56.8 Å². The topological polar surface area (TPSA) is 71.6 Å². The molecule has 1 aliphatic carbocycles. The van der Waals surface area contributed by atoms with E-state index in [1.807, 2.05) is 0 Å². The fourth-order valence-electron chi connectivity index (χ4n) is 3.05. The lowest BCUT2D eigenvalue weighted by Gasteiger charge is -2.34. The van der Waals surface area contributed by atoms with Gasteiger partial charge in [0.25, 0.3) is 0 Å². The Kier molecular flexibility index (Phi) is 4.05. The number of aliphatic hydroxyl groups is 1. The van der Waals surface area contributed by atoms with Crippen LogP contribution in [0, 0.1) is 0 Å². The molecular weight excluding hydrogens is 258 g/mol. The highest BCUT2D eigenvalue weighted by molar-refractivity contribution is 5.02. The van der Waals surface area contributed by atoms with Gasteiger partial charge in [0.2, 0.25) is 11.7 Å². The number of hydrogen-bond acceptors (Lipinski definition) is 6. The Hall–Kier alpha value is -0.980. The van der Waals surface area contributed by atoms with Gasteiger partial charge in [-0.3, -0.25) is 4.90 Å². The van der Waals surface area contributed by atoms with Gasteiger partial charge in [-0.25, -0.2) is 0 Å². The summed E-state index contributed by atoms with van der Waals surface area (Å²) < 4.78 is 11.1. The first-order chi connectivity index (χ1) is 9.65. The molecule has 3 atom stereocenters. The van der Waals surface area contributed by atoms with Crippen LogP contribution in [0.3, 0.4) is 0 Å². The van der Waals surface area contributed by atoms with Crippen LogP contribution >= 0.6 is 0 Å². The number of nitrogens with zero attached hydrogens (tertiary/aromatic N) is 3. The molecule has 1 saturated heterocycles. The molecule has 1 aliphatic heterocycles. The summed E-state index contributed by atoms with van der Waals surface area (Å²) in [6.45, 7) is 6.79. The minimum Gasteiger partial charge on any atom is -0.392 e. The highest BCUT2D eigenvalue weighted by Gasteiger charge is 2.33. The molecule has 0 radical (unpaired) electrons. The standard InChI is InChI=1S/C14H23N3O3/c1-9(2)17-6-7-19-12(8-17)13-15-14(20-16-13)10-4-3-5-11(10)18/h9-12,18H,3-8H2,1-2H3. The van der Waals surface area contributed by atoms with Gasteiger partial charge < -0.3 is 14.4 Å². The number of aromatic nitrogens is 2. The summed E-state index contributed by atoms with van der Waals surface area (Å²) in [6, 6.07) is 0.490. The van der Waals surface area contributed by atoms with E-state index in [1.54, 1.807) is 0 Å². The Morgan fingerprint density at radius 1 is 1.35 bits per heavy atom. The molecule has 1 N–H and O–H groups in total. The quantitative estimate of drug-likeness (QED) is 0.905. The zero-order valence-corrected chi connectivity index (χ0v) is 12.2. The molecule has 6 heteroatoms. The number of rotatable bonds is 3. The predicted molar refractivity (Wildman–Crippen MR) is 72.3 cm³/mol. The summed E-state index contributed by atoms with van der Waals surface area (Å²) in [6.07, 6.45) is 2.30. The van der Waals surface area contributed by atoms with Gasteiger partial charge >= 0.3 is 0 Å². The van der Waals surface area contributed by atoms with Gasteiger partial charge in [-0.15, -0.1) is 0 Å². The van der Waals surface area contributed by atoms with E-state index in [-0.39, 0.29) is 18.1 Å². The van der Waals surface area contributed by atoms with Crippen molar-refractivity contribution in [2.75, 3.05) is 19.7 Å². The molecule has 112 valence electrons. The maximum atomic E-state index is 9.91. The van der Waals surface area contributed by atoms with E-state index >= 15 is 0 Å². The van der Waals surface area contributed by atoms with Gasteiger partial charge in [-0.1, -0.05) is 5.16 Å². The Morgan fingerprint density at radius 3 is 2.90 bits per heavy atom. The summed E-state index contributed by atoms with van der Waals surface area (Å²) >= 11 is 0. The highest BCUT2D eigenvalue weighted by Crippen LogP contribution is 2.34. The van der Waals surface area contributed by atoms with Crippen LogP contribution in [0.25, 0.3) is 0 Å². The fraction of sp³-hybridized carbons (Fsp3) is 0.857. The van der Waals surface area contributed by atoms with Crippen LogP contribution in [-0.4, -0.2) is 52.0 Å². The number of hydrogen-bond donors (Lipinski definition) is 1. The van der Waals surface area contributed by atoms with E-state index in [9.17, 15) is 5.11 Å². The van der Waals surface area contributed by atoms with Gasteiger partial charge in [-0.05, 0) is 33.1 Å². The average Bonchev–Trinajstić information content (AvgIpc) is 3.07. The largest absolute Gasteiger partial charge is 0.392 e. The Labute approximate surface area is 119 Å². The van der Waals surface area contributed by atoms with Crippen LogP contribution < -0.4 is 0 Å². The van der Waals surface area contributed by atoms with Crippen LogP contribution in [0.5, 0.6) is 0 Å². The molecule has 0 spiro atoms. The third-order valence-electron chi connectivity index (χ3n) is 4.37.